The normalized spacial score (nSPS) is 16.5. The van der Waals surface area contributed by atoms with Gasteiger partial charge in [0.05, 0.1) is 0 Å². The molecule has 3 aromatic rings. The van der Waals surface area contributed by atoms with Crippen LogP contribution in [0.25, 0.3) is 5.57 Å². The van der Waals surface area contributed by atoms with E-state index in [0.29, 0.717) is 12.0 Å². The van der Waals surface area contributed by atoms with E-state index in [0.717, 1.165) is 58.0 Å². The van der Waals surface area contributed by atoms with Crippen LogP contribution in [0.1, 0.15) is 52.7 Å². The molecule has 0 unspecified atom stereocenters. The Bertz CT molecular complexity index is 1180. The van der Waals surface area contributed by atoms with Gasteiger partial charge in [-0.1, -0.05) is 61.0 Å². The summed E-state index contributed by atoms with van der Waals surface area (Å²) in [5, 5.41) is 2.06. The van der Waals surface area contributed by atoms with Crippen molar-refractivity contribution in [3.63, 3.8) is 0 Å². The molecule has 168 valence electrons. The maximum absolute atomic E-state index is 13.5. The van der Waals surface area contributed by atoms with Gasteiger partial charge in [-0.05, 0) is 77.9 Å². The van der Waals surface area contributed by atoms with Crippen molar-refractivity contribution in [1.82, 2.24) is 10.4 Å². The van der Waals surface area contributed by atoms with Crippen molar-refractivity contribution in [2.24, 2.45) is 0 Å². The van der Waals surface area contributed by atoms with Gasteiger partial charge in [-0.25, -0.2) is 9.40 Å². The first-order valence-electron chi connectivity index (χ1n) is 11.6. The molecule has 2 heterocycles. The smallest absolute Gasteiger partial charge is 0.265 e. The molecule has 0 saturated carbocycles. The molecule has 3 aromatic carbocycles. The maximum Gasteiger partial charge on any atom is 0.265 e. The second-order valence-corrected chi connectivity index (χ2v) is 9.68. The van der Waals surface area contributed by atoms with E-state index in [1.165, 1.54) is 25.0 Å². The molecule has 0 aromatic heterocycles. The summed E-state index contributed by atoms with van der Waals surface area (Å²) < 4.78 is 13.5. The van der Waals surface area contributed by atoms with Crippen LogP contribution in [0.4, 0.5) is 4.39 Å². The van der Waals surface area contributed by atoms with Crippen LogP contribution in [0.5, 0.6) is 0 Å². The van der Waals surface area contributed by atoms with E-state index in [9.17, 15) is 9.18 Å². The van der Waals surface area contributed by atoms with Gasteiger partial charge in [0.2, 0.25) is 0 Å². The Balaban J connectivity index is 1.46. The second kappa shape index (κ2) is 9.94. The van der Waals surface area contributed by atoms with E-state index < -0.39 is 0 Å². The summed E-state index contributed by atoms with van der Waals surface area (Å²) >= 11 is 1.72. The fourth-order valence-corrected chi connectivity index (χ4v) is 5.57. The molecule has 1 amide bonds. The van der Waals surface area contributed by atoms with Crippen LogP contribution in [0.3, 0.4) is 0 Å². The Morgan fingerprint density at radius 1 is 0.879 bits per heavy atom. The minimum atomic E-state index is -0.238. The zero-order chi connectivity index (χ0) is 22.6. The Morgan fingerprint density at radius 3 is 2.42 bits per heavy atom. The molecule has 1 N–H and O–H groups in total. The fourth-order valence-electron chi connectivity index (χ4n) is 4.49. The minimum absolute atomic E-state index is 0.0464. The average molecular weight is 459 g/mol. The number of carbonyl (C=O) groups excluding carboxylic acids is 1. The standard InChI is InChI=1S/C28H27FN2OS/c29-23-13-9-20(10-14-23)24-15-11-21-19-22(28(32)30-31-17-5-1-2-6-18-31)12-16-26(21)33-27-8-4-3-7-25(24)27/h3-4,7-10,12-16,19H,1-2,5-6,11,17-18H2,(H,30,32). The number of rotatable bonds is 3. The van der Waals surface area contributed by atoms with Crippen molar-refractivity contribution in [3.8, 4) is 0 Å². The molecule has 0 bridgehead atoms. The molecule has 0 radical (unpaired) electrons. The van der Waals surface area contributed by atoms with Crippen molar-refractivity contribution in [2.75, 3.05) is 13.1 Å². The Kier molecular flexibility index (Phi) is 6.60. The summed E-state index contributed by atoms with van der Waals surface area (Å²) in [6.07, 6.45) is 7.60. The fraction of sp³-hybridized carbons (Fsp3) is 0.250. The third-order valence-corrected chi connectivity index (χ3v) is 7.46. The van der Waals surface area contributed by atoms with E-state index in [1.807, 2.05) is 36.4 Å². The number of hydrogen-bond acceptors (Lipinski definition) is 3. The van der Waals surface area contributed by atoms with Gasteiger partial charge in [-0.2, -0.15) is 0 Å². The number of benzene rings is 3. The predicted molar refractivity (Wildman–Crippen MR) is 132 cm³/mol. The molecule has 1 saturated heterocycles. The summed E-state index contributed by atoms with van der Waals surface area (Å²) in [5.41, 5.74) is 8.13. The van der Waals surface area contributed by atoms with Gasteiger partial charge in [0, 0.05) is 28.4 Å². The van der Waals surface area contributed by atoms with Gasteiger partial charge in [-0.15, -0.1) is 0 Å². The summed E-state index contributed by atoms with van der Waals surface area (Å²) in [4.78, 5) is 15.3. The summed E-state index contributed by atoms with van der Waals surface area (Å²) in [5.74, 6) is -0.284. The highest BCUT2D eigenvalue weighted by Gasteiger charge is 2.18. The van der Waals surface area contributed by atoms with E-state index >= 15 is 0 Å². The molecule has 1 fully saturated rings. The molecule has 0 spiro atoms. The van der Waals surface area contributed by atoms with E-state index in [1.54, 1.807) is 11.8 Å². The van der Waals surface area contributed by atoms with Gasteiger partial charge in [-0.3, -0.25) is 10.2 Å². The lowest BCUT2D eigenvalue weighted by Gasteiger charge is -2.22. The first kappa shape index (κ1) is 21.9. The number of nitrogens with one attached hydrogen (secondary N) is 1. The SMILES string of the molecule is O=C(NN1CCCCCC1)c1ccc2c(c1)CC=C(c1ccc(F)cc1)c1ccccc1S2. The topological polar surface area (TPSA) is 32.3 Å². The number of amides is 1. The molecule has 5 rings (SSSR count). The number of halogens is 1. The van der Waals surface area contributed by atoms with Crippen molar-refractivity contribution in [3.05, 3.63) is 101 Å². The molecule has 33 heavy (non-hydrogen) atoms. The average Bonchev–Trinajstić information content (AvgIpc) is 3.09. The highest BCUT2D eigenvalue weighted by molar-refractivity contribution is 7.99. The van der Waals surface area contributed by atoms with Crippen molar-refractivity contribution >= 4 is 23.2 Å². The lowest BCUT2D eigenvalue weighted by Crippen LogP contribution is -2.42. The van der Waals surface area contributed by atoms with Gasteiger partial charge >= 0.3 is 0 Å². The van der Waals surface area contributed by atoms with Crippen LogP contribution in [0, 0.1) is 5.82 Å². The van der Waals surface area contributed by atoms with E-state index in [2.05, 4.69) is 34.7 Å². The van der Waals surface area contributed by atoms with Crippen LogP contribution in [-0.2, 0) is 6.42 Å². The monoisotopic (exact) mass is 458 g/mol. The van der Waals surface area contributed by atoms with Gasteiger partial charge in [0.25, 0.3) is 5.91 Å². The molecule has 3 nitrogen and oxygen atoms in total. The number of allylic oxidation sites excluding steroid dienone is 1. The van der Waals surface area contributed by atoms with Gasteiger partial charge in [0.1, 0.15) is 5.82 Å². The van der Waals surface area contributed by atoms with Gasteiger partial charge < -0.3 is 0 Å². The number of nitrogens with zero attached hydrogens (tertiary/aromatic N) is 1. The summed E-state index contributed by atoms with van der Waals surface area (Å²) in [7, 11) is 0. The lowest BCUT2D eigenvalue weighted by atomic mass is 9.95. The first-order valence-corrected chi connectivity index (χ1v) is 12.4. The number of fused-ring (bicyclic) bond motifs is 2. The minimum Gasteiger partial charge on any atom is -0.285 e. The van der Waals surface area contributed by atoms with Crippen LogP contribution in [-0.4, -0.2) is 24.0 Å². The number of hydrazine groups is 1. The molecule has 0 atom stereocenters. The first-order chi connectivity index (χ1) is 16.2. The predicted octanol–water partition coefficient (Wildman–Crippen LogP) is 6.49. The zero-order valence-electron chi connectivity index (χ0n) is 18.5. The third-order valence-electron chi connectivity index (χ3n) is 6.27. The third kappa shape index (κ3) is 5.05. The maximum atomic E-state index is 13.5. The summed E-state index contributed by atoms with van der Waals surface area (Å²) in [6.45, 7) is 1.82. The molecular weight excluding hydrogens is 431 g/mol. The lowest BCUT2D eigenvalue weighted by molar-refractivity contribution is 0.0794. The molecule has 2 aliphatic rings. The largest absolute Gasteiger partial charge is 0.285 e. The van der Waals surface area contributed by atoms with Crippen LogP contribution < -0.4 is 5.43 Å². The Hall–Kier alpha value is -2.89. The highest BCUT2D eigenvalue weighted by Crippen LogP contribution is 2.40. The van der Waals surface area contributed by atoms with Crippen molar-refractivity contribution < 1.29 is 9.18 Å². The van der Waals surface area contributed by atoms with Crippen LogP contribution in [0.15, 0.2) is 82.6 Å². The highest BCUT2D eigenvalue weighted by atomic mass is 32.2. The van der Waals surface area contributed by atoms with Crippen LogP contribution >= 0.6 is 11.8 Å². The molecule has 5 heteroatoms. The van der Waals surface area contributed by atoms with Gasteiger partial charge in [0.15, 0.2) is 0 Å². The van der Waals surface area contributed by atoms with Crippen molar-refractivity contribution in [1.29, 1.82) is 0 Å². The van der Waals surface area contributed by atoms with Crippen molar-refractivity contribution in [2.45, 2.75) is 41.9 Å². The molecular formula is C28H27FN2OS. The Labute approximate surface area is 198 Å². The van der Waals surface area contributed by atoms with Crippen LogP contribution in [0.2, 0.25) is 0 Å². The summed E-state index contributed by atoms with van der Waals surface area (Å²) in [6, 6.07) is 21.0. The second-order valence-electron chi connectivity index (χ2n) is 8.59. The number of hydrogen-bond donors (Lipinski definition) is 1. The van der Waals surface area contributed by atoms with E-state index in [4.69, 9.17) is 0 Å². The van der Waals surface area contributed by atoms with E-state index in [-0.39, 0.29) is 11.7 Å². The quantitative estimate of drug-likeness (QED) is 0.487. The zero-order valence-corrected chi connectivity index (χ0v) is 19.3. The molecule has 2 aliphatic heterocycles. The molecule has 0 aliphatic carbocycles. The number of carbonyl (C=O) groups is 1. The Morgan fingerprint density at radius 2 is 1.64 bits per heavy atom.